The summed E-state index contributed by atoms with van der Waals surface area (Å²) in [6.45, 7) is 0. The number of aryl methyl sites for hydroxylation is 1. The van der Waals surface area contributed by atoms with E-state index in [1.54, 1.807) is 48.5 Å². The Morgan fingerprint density at radius 1 is 1.36 bits per heavy atom. The number of nitrogens with two attached hydrogens (primary N) is 1. The molecule has 2 heterocycles. The van der Waals surface area contributed by atoms with Gasteiger partial charge in [0.15, 0.2) is 5.69 Å². The largest absolute Gasteiger partial charge is 0.508 e. The number of anilines is 2. The summed E-state index contributed by atoms with van der Waals surface area (Å²) in [6, 6.07) is 6.53. The van der Waals surface area contributed by atoms with E-state index in [9.17, 15) is 9.90 Å². The Morgan fingerprint density at radius 3 is 2.82 bits per heavy atom. The van der Waals surface area contributed by atoms with Gasteiger partial charge >= 0.3 is 0 Å². The molecule has 112 valence electrons. The van der Waals surface area contributed by atoms with E-state index in [2.05, 4.69) is 15.5 Å². The first-order chi connectivity index (χ1) is 10.5. The van der Waals surface area contributed by atoms with Crippen molar-refractivity contribution in [2.75, 3.05) is 5.32 Å². The van der Waals surface area contributed by atoms with Crippen LogP contribution in [0.3, 0.4) is 0 Å². The van der Waals surface area contributed by atoms with Gasteiger partial charge in [0, 0.05) is 19.3 Å². The maximum Gasteiger partial charge on any atom is 0.271 e. The van der Waals surface area contributed by atoms with Crippen molar-refractivity contribution < 1.29 is 9.90 Å². The summed E-state index contributed by atoms with van der Waals surface area (Å²) in [7, 11) is 1.79. The van der Waals surface area contributed by atoms with Crippen LogP contribution in [-0.4, -0.2) is 30.6 Å². The number of carbonyl (C=O) groups is 1. The van der Waals surface area contributed by atoms with Gasteiger partial charge in [0.05, 0.1) is 29.5 Å². The molecular weight excluding hydrogens is 284 g/mol. The molecule has 0 radical (unpaired) electrons. The maximum atomic E-state index is 11.6. The van der Waals surface area contributed by atoms with Crippen molar-refractivity contribution in [3.63, 3.8) is 0 Å². The van der Waals surface area contributed by atoms with Gasteiger partial charge in [-0.05, 0) is 12.1 Å². The zero-order chi connectivity index (χ0) is 15.7. The van der Waals surface area contributed by atoms with Crippen molar-refractivity contribution in [2.45, 2.75) is 0 Å². The van der Waals surface area contributed by atoms with Crippen molar-refractivity contribution in [1.82, 2.24) is 19.6 Å². The predicted molar refractivity (Wildman–Crippen MR) is 80.2 cm³/mol. The summed E-state index contributed by atoms with van der Waals surface area (Å²) >= 11 is 0. The van der Waals surface area contributed by atoms with E-state index in [-0.39, 0.29) is 11.4 Å². The van der Waals surface area contributed by atoms with Crippen molar-refractivity contribution in [2.24, 2.45) is 12.8 Å². The van der Waals surface area contributed by atoms with Crippen molar-refractivity contribution >= 4 is 17.3 Å². The number of carbonyl (C=O) groups excluding carboxylic acids is 1. The van der Waals surface area contributed by atoms with Crippen LogP contribution in [0.5, 0.6) is 5.75 Å². The number of aromatic hydroxyl groups is 1. The van der Waals surface area contributed by atoms with Crippen molar-refractivity contribution in [3.05, 3.63) is 48.5 Å². The Labute approximate surface area is 125 Å². The molecule has 0 aliphatic heterocycles. The molecule has 22 heavy (non-hydrogen) atoms. The number of amides is 1. The Morgan fingerprint density at radius 2 is 2.18 bits per heavy atom. The fraction of sp³-hybridized carbons (Fsp3) is 0.0714. The van der Waals surface area contributed by atoms with Gasteiger partial charge in [-0.3, -0.25) is 9.48 Å². The highest BCUT2D eigenvalue weighted by Gasteiger charge is 2.15. The number of hydrogen-bond acceptors (Lipinski definition) is 5. The highest BCUT2D eigenvalue weighted by molar-refractivity contribution is 5.97. The number of nitrogens with one attached hydrogen (secondary N) is 1. The van der Waals surface area contributed by atoms with Gasteiger partial charge in [0.2, 0.25) is 0 Å². The first-order valence-corrected chi connectivity index (χ1v) is 6.47. The van der Waals surface area contributed by atoms with Crippen LogP contribution in [0.4, 0.5) is 11.4 Å². The first-order valence-electron chi connectivity index (χ1n) is 6.47. The molecule has 2 aromatic heterocycles. The van der Waals surface area contributed by atoms with E-state index in [0.717, 1.165) is 0 Å². The number of hydrogen-bond donors (Lipinski definition) is 3. The highest BCUT2D eigenvalue weighted by atomic mass is 16.3. The molecule has 0 fully saturated rings. The molecule has 4 N–H and O–H groups in total. The minimum absolute atomic E-state index is 0.104. The van der Waals surface area contributed by atoms with E-state index < -0.39 is 5.91 Å². The van der Waals surface area contributed by atoms with E-state index in [1.165, 1.54) is 10.7 Å². The van der Waals surface area contributed by atoms with Gasteiger partial charge in [-0.15, -0.1) is 0 Å². The maximum absolute atomic E-state index is 11.6. The third kappa shape index (κ3) is 2.62. The number of phenolic OH excluding ortho intramolecular Hbond substituents is 1. The quantitative estimate of drug-likeness (QED) is 0.669. The molecule has 0 saturated heterocycles. The van der Waals surface area contributed by atoms with Crippen molar-refractivity contribution in [1.29, 1.82) is 0 Å². The van der Waals surface area contributed by atoms with Gasteiger partial charge in [0.1, 0.15) is 5.75 Å². The molecule has 0 atom stereocenters. The molecule has 0 saturated carbocycles. The Hall–Kier alpha value is -3.29. The average molecular weight is 298 g/mol. The lowest BCUT2D eigenvalue weighted by molar-refractivity contribution is 0.0996. The Kier molecular flexibility index (Phi) is 3.26. The Bertz CT molecular complexity index is 835. The topological polar surface area (TPSA) is 111 Å². The van der Waals surface area contributed by atoms with Crippen LogP contribution in [0.1, 0.15) is 10.5 Å². The predicted octanol–water partition coefficient (Wildman–Crippen LogP) is 1.15. The number of nitrogens with zero attached hydrogens (tertiary/aromatic N) is 4. The normalized spacial score (nSPS) is 10.6. The fourth-order valence-corrected chi connectivity index (χ4v) is 2.06. The third-order valence-corrected chi connectivity index (χ3v) is 3.03. The summed E-state index contributed by atoms with van der Waals surface area (Å²) in [5.74, 6) is -0.541. The van der Waals surface area contributed by atoms with Crippen LogP contribution in [0.25, 0.3) is 5.69 Å². The van der Waals surface area contributed by atoms with Crippen molar-refractivity contribution in [3.8, 4) is 11.4 Å². The SMILES string of the molecule is Cn1cc(Nc2cn(-c3cccc(O)c3)nc2C(N)=O)cn1. The second-order valence-corrected chi connectivity index (χ2v) is 4.75. The fourth-order valence-electron chi connectivity index (χ4n) is 2.06. The van der Waals surface area contributed by atoms with E-state index in [4.69, 9.17) is 5.73 Å². The summed E-state index contributed by atoms with van der Waals surface area (Å²) < 4.78 is 3.10. The monoisotopic (exact) mass is 298 g/mol. The average Bonchev–Trinajstić information content (AvgIpc) is 3.06. The van der Waals surface area contributed by atoms with Crippen LogP contribution < -0.4 is 11.1 Å². The number of rotatable bonds is 4. The molecule has 3 rings (SSSR count). The third-order valence-electron chi connectivity index (χ3n) is 3.03. The number of benzene rings is 1. The van der Waals surface area contributed by atoms with Gasteiger partial charge in [-0.2, -0.15) is 10.2 Å². The number of aromatic nitrogens is 4. The standard InChI is InChI=1S/C14H14N6O2/c1-19-7-9(6-16-19)17-12-8-20(18-13(12)14(15)22)10-3-2-4-11(21)5-10/h2-8,17,21H,1H3,(H2,15,22). The van der Waals surface area contributed by atoms with Gasteiger partial charge in [0.25, 0.3) is 5.91 Å². The number of primary amides is 1. The number of phenols is 1. The van der Waals surface area contributed by atoms with Gasteiger partial charge in [-0.1, -0.05) is 6.07 Å². The lowest BCUT2D eigenvalue weighted by Gasteiger charge is -2.01. The van der Waals surface area contributed by atoms with E-state index in [1.807, 2.05) is 0 Å². The zero-order valence-electron chi connectivity index (χ0n) is 11.8. The minimum atomic E-state index is -0.648. The van der Waals surface area contributed by atoms with E-state index >= 15 is 0 Å². The molecule has 0 aliphatic rings. The molecule has 0 unspecified atom stereocenters. The summed E-state index contributed by atoms with van der Waals surface area (Å²) in [4.78, 5) is 11.6. The smallest absolute Gasteiger partial charge is 0.271 e. The first kappa shape index (κ1) is 13.7. The molecule has 0 aliphatic carbocycles. The van der Waals surface area contributed by atoms with Gasteiger partial charge in [-0.25, -0.2) is 4.68 Å². The van der Waals surface area contributed by atoms with Crippen LogP contribution >= 0.6 is 0 Å². The lowest BCUT2D eigenvalue weighted by Crippen LogP contribution is -2.14. The zero-order valence-corrected chi connectivity index (χ0v) is 11.8. The molecule has 1 amide bonds. The lowest BCUT2D eigenvalue weighted by atomic mass is 10.3. The minimum Gasteiger partial charge on any atom is -0.508 e. The summed E-state index contributed by atoms with van der Waals surface area (Å²) in [5.41, 5.74) is 7.26. The van der Waals surface area contributed by atoms with Gasteiger partial charge < -0.3 is 16.2 Å². The second-order valence-electron chi connectivity index (χ2n) is 4.75. The molecular formula is C14H14N6O2. The molecule has 0 bridgehead atoms. The molecule has 0 spiro atoms. The van der Waals surface area contributed by atoms with Crippen LogP contribution in [0, 0.1) is 0 Å². The van der Waals surface area contributed by atoms with E-state index in [0.29, 0.717) is 17.1 Å². The molecule has 8 heteroatoms. The van der Waals surface area contributed by atoms with Crippen LogP contribution in [0.15, 0.2) is 42.9 Å². The van der Waals surface area contributed by atoms with Crippen LogP contribution in [-0.2, 0) is 7.05 Å². The highest BCUT2D eigenvalue weighted by Crippen LogP contribution is 2.22. The summed E-state index contributed by atoms with van der Waals surface area (Å²) in [6.07, 6.45) is 5.01. The summed E-state index contributed by atoms with van der Waals surface area (Å²) in [5, 5.41) is 20.8. The Balaban J connectivity index is 2.00. The molecule has 3 aromatic rings. The molecule has 1 aromatic carbocycles. The second kappa shape index (κ2) is 5.24. The van der Waals surface area contributed by atoms with Crippen LogP contribution in [0.2, 0.25) is 0 Å². The molecule has 8 nitrogen and oxygen atoms in total.